The minimum absolute atomic E-state index is 0.692. The van der Waals surface area contributed by atoms with Crippen LogP contribution in [0.4, 0.5) is 0 Å². The van der Waals surface area contributed by atoms with Gasteiger partial charge in [-0.25, -0.2) is 0 Å². The van der Waals surface area contributed by atoms with Crippen LogP contribution in [0.5, 0.6) is 0 Å². The van der Waals surface area contributed by atoms with Gasteiger partial charge in [-0.1, -0.05) is 6.92 Å². The van der Waals surface area contributed by atoms with E-state index < -0.39 is 0 Å². The Hall–Kier alpha value is -0.160. The van der Waals surface area contributed by atoms with Crippen molar-refractivity contribution in [2.45, 2.75) is 46.1 Å². The molecular weight excluding hydrogens is 274 g/mol. The van der Waals surface area contributed by atoms with Crippen LogP contribution in [0.25, 0.3) is 0 Å². The predicted octanol–water partition coefficient (Wildman–Crippen LogP) is 2.15. The number of ether oxygens (including phenoxy) is 1. The van der Waals surface area contributed by atoms with Crippen LogP contribution < -0.4 is 0 Å². The Balaban J connectivity index is 1.45. The van der Waals surface area contributed by atoms with Crippen molar-refractivity contribution >= 4 is 0 Å². The molecule has 2 fully saturated rings. The molecule has 0 spiro atoms. The monoisotopic (exact) mass is 311 g/mol. The molecule has 0 saturated carbocycles. The highest BCUT2D eigenvalue weighted by Gasteiger charge is 2.19. The first-order chi connectivity index (χ1) is 10.7. The van der Waals surface area contributed by atoms with Gasteiger partial charge in [0, 0.05) is 45.4 Å². The molecule has 0 unspecified atom stereocenters. The van der Waals surface area contributed by atoms with E-state index in [0.29, 0.717) is 6.04 Å². The quantitative estimate of drug-likeness (QED) is 0.639. The van der Waals surface area contributed by atoms with Gasteiger partial charge in [-0.2, -0.15) is 0 Å². The number of piperazine rings is 1. The van der Waals surface area contributed by atoms with Crippen LogP contribution in [0.2, 0.25) is 0 Å². The maximum atomic E-state index is 5.90. The van der Waals surface area contributed by atoms with Gasteiger partial charge < -0.3 is 9.64 Å². The lowest BCUT2D eigenvalue weighted by Crippen LogP contribution is -2.49. The van der Waals surface area contributed by atoms with Crippen LogP contribution in [0.1, 0.15) is 40.0 Å². The van der Waals surface area contributed by atoms with Crippen molar-refractivity contribution in [3.8, 4) is 0 Å². The van der Waals surface area contributed by atoms with Crippen LogP contribution >= 0.6 is 0 Å². The van der Waals surface area contributed by atoms with Crippen LogP contribution in [-0.4, -0.2) is 86.3 Å². The SMILES string of the molecule is CCN1CCC(CCOCCN2CCN(C(C)C)CC2)CC1. The van der Waals surface area contributed by atoms with E-state index in [4.69, 9.17) is 4.74 Å². The van der Waals surface area contributed by atoms with Crippen LogP contribution in [0.3, 0.4) is 0 Å². The first kappa shape index (κ1) is 18.2. The third kappa shape index (κ3) is 6.15. The van der Waals surface area contributed by atoms with E-state index >= 15 is 0 Å². The third-order valence-corrected chi connectivity index (χ3v) is 5.51. The van der Waals surface area contributed by atoms with E-state index in [1.165, 1.54) is 65.1 Å². The molecule has 2 aliphatic heterocycles. The molecule has 2 saturated heterocycles. The summed E-state index contributed by atoms with van der Waals surface area (Å²) >= 11 is 0. The molecular formula is C18H37N3O. The smallest absolute Gasteiger partial charge is 0.0593 e. The fraction of sp³-hybridized carbons (Fsp3) is 1.00. The zero-order valence-corrected chi connectivity index (χ0v) is 15.1. The number of hydrogen-bond acceptors (Lipinski definition) is 4. The average molecular weight is 312 g/mol. The molecule has 4 nitrogen and oxygen atoms in total. The molecule has 4 heteroatoms. The van der Waals surface area contributed by atoms with E-state index in [-0.39, 0.29) is 0 Å². The number of rotatable bonds is 8. The maximum absolute atomic E-state index is 5.90. The Kier molecular flexibility index (Phi) is 8.15. The van der Waals surface area contributed by atoms with Crippen molar-refractivity contribution in [3.63, 3.8) is 0 Å². The van der Waals surface area contributed by atoms with Gasteiger partial charge >= 0.3 is 0 Å². The van der Waals surface area contributed by atoms with Crippen molar-refractivity contribution in [2.24, 2.45) is 5.92 Å². The van der Waals surface area contributed by atoms with Gasteiger partial charge in [-0.3, -0.25) is 9.80 Å². The van der Waals surface area contributed by atoms with Crippen molar-refractivity contribution in [1.82, 2.24) is 14.7 Å². The lowest BCUT2D eigenvalue weighted by atomic mass is 9.94. The summed E-state index contributed by atoms with van der Waals surface area (Å²) in [4.78, 5) is 7.69. The molecule has 0 N–H and O–H groups in total. The third-order valence-electron chi connectivity index (χ3n) is 5.51. The first-order valence-corrected chi connectivity index (χ1v) is 9.45. The fourth-order valence-electron chi connectivity index (χ4n) is 3.64. The van der Waals surface area contributed by atoms with Gasteiger partial charge in [0.15, 0.2) is 0 Å². The van der Waals surface area contributed by atoms with Gasteiger partial charge in [-0.15, -0.1) is 0 Å². The Labute approximate surface area is 137 Å². The van der Waals surface area contributed by atoms with Crippen molar-refractivity contribution in [3.05, 3.63) is 0 Å². The summed E-state index contributed by atoms with van der Waals surface area (Å²) in [6, 6.07) is 0.692. The number of hydrogen-bond donors (Lipinski definition) is 0. The molecule has 2 heterocycles. The highest BCUT2D eigenvalue weighted by molar-refractivity contribution is 4.74. The Bertz CT molecular complexity index is 282. The topological polar surface area (TPSA) is 19.0 Å². The van der Waals surface area contributed by atoms with Gasteiger partial charge in [0.25, 0.3) is 0 Å². The second kappa shape index (κ2) is 9.86. The van der Waals surface area contributed by atoms with Gasteiger partial charge in [-0.05, 0) is 58.7 Å². The zero-order valence-electron chi connectivity index (χ0n) is 15.1. The lowest BCUT2D eigenvalue weighted by molar-refractivity contribution is 0.0580. The molecule has 0 amide bonds. The van der Waals surface area contributed by atoms with E-state index in [0.717, 1.165) is 25.7 Å². The van der Waals surface area contributed by atoms with Crippen LogP contribution in [-0.2, 0) is 4.74 Å². The second-order valence-corrected chi connectivity index (χ2v) is 7.25. The summed E-state index contributed by atoms with van der Waals surface area (Å²) in [6.07, 6.45) is 4.00. The van der Waals surface area contributed by atoms with E-state index in [9.17, 15) is 0 Å². The first-order valence-electron chi connectivity index (χ1n) is 9.45. The Morgan fingerprint density at radius 1 is 0.909 bits per heavy atom. The standard InChI is InChI=1S/C18H37N3O/c1-4-19-8-5-18(6-9-19)7-15-22-16-14-20-10-12-21(13-11-20)17(2)3/h17-18H,4-16H2,1-3H3. The number of nitrogens with zero attached hydrogens (tertiary/aromatic N) is 3. The summed E-state index contributed by atoms with van der Waals surface area (Å²) in [6.45, 7) is 18.5. The minimum atomic E-state index is 0.692. The number of piperidine rings is 1. The summed E-state index contributed by atoms with van der Waals surface area (Å²) in [5.41, 5.74) is 0. The molecule has 2 rings (SSSR count). The lowest BCUT2D eigenvalue weighted by Gasteiger charge is -2.36. The van der Waals surface area contributed by atoms with Crippen molar-refractivity contribution < 1.29 is 4.74 Å². The fourth-order valence-corrected chi connectivity index (χ4v) is 3.64. The summed E-state index contributed by atoms with van der Waals surface area (Å²) < 4.78 is 5.90. The van der Waals surface area contributed by atoms with Crippen LogP contribution in [0, 0.1) is 5.92 Å². The zero-order chi connectivity index (χ0) is 15.8. The largest absolute Gasteiger partial charge is 0.380 e. The summed E-state index contributed by atoms with van der Waals surface area (Å²) in [5, 5.41) is 0. The van der Waals surface area contributed by atoms with E-state index in [2.05, 4.69) is 35.5 Å². The maximum Gasteiger partial charge on any atom is 0.0593 e. The molecule has 0 bridgehead atoms. The molecule has 0 atom stereocenters. The number of likely N-dealkylation sites (tertiary alicyclic amines) is 1. The van der Waals surface area contributed by atoms with Crippen molar-refractivity contribution in [2.75, 3.05) is 65.6 Å². The highest BCUT2D eigenvalue weighted by Crippen LogP contribution is 2.20. The van der Waals surface area contributed by atoms with Gasteiger partial charge in [0.05, 0.1) is 6.61 Å². The summed E-state index contributed by atoms with van der Waals surface area (Å²) in [7, 11) is 0. The molecule has 130 valence electrons. The molecule has 0 aromatic heterocycles. The normalized spacial score (nSPS) is 23.5. The molecule has 0 aromatic rings. The van der Waals surface area contributed by atoms with E-state index in [1.54, 1.807) is 0 Å². The van der Waals surface area contributed by atoms with Gasteiger partial charge in [0.1, 0.15) is 0 Å². The molecule has 0 radical (unpaired) electrons. The van der Waals surface area contributed by atoms with Crippen LogP contribution in [0.15, 0.2) is 0 Å². The average Bonchev–Trinajstić information content (AvgIpc) is 2.55. The predicted molar refractivity (Wildman–Crippen MR) is 93.4 cm³/mol. The van der Waals surface area contributed by atoms with Gasteiger partial charge in [0.2, 0.25) is 0 Å². The molecule has 2 aliphatic rings. The van der Waals surface area contributed by atoms with E-state index in [1.807, 2.05) is 0 Å². The highest BCUT2D eigenvalue weighted by atomic mass is 16.5. The minimum Gasteiger partial charge on any atom is -0.380 e. The Morgan fingerprint density at radius 2 is 1.59 bits per heavy atom. The Morgan fingerprint density at radius 3 is 2.18 bits per heavy atom. The molecule has 0 aromatic carbocycles. The second-order valence-electron chi connectivity index (χ2n) is 7.25. The van der Waals surface area contributed by atoms with Crippen molar-refractivity contribution in [1.29, 1.82) is 0 Å². The molecule has 22 heavy (non-hydrogen) atoms. The molecule has 0 aliphatic carbocycles. The summed E-state index contributed by atoms with van der Waals surface area (Å²) in [5.74, 6) is 0.900.